The van der Waals surface area contributed by atoms with Gasteiger partial charge >= 0.3 is 0 Å². The Morgan fingerprint density at radius 1 is 1.12 bits per heavy atom. The highest BCUT2D eigenvalue weighted by Gasteiger charge is 2.33. The zero-order chi connectivity index (χ0) is 24.3. The smallest absolute Gasteiger partial charge is 0.259 e. The van der Waals surface area contributed by atoms with Gasteiger partial charge in [0.2, 0.25) is 0 Å². The van der Waals surface area contributed by atoms with Crippen LogP contribution in [0.5, 0.6) is 11.5 Å². The van der Waals surface area contributed by atoms with Crippen LogP contribution in [0.2, 0.25) is 0 Å². The minimum absolute atomic E-state index is 0.109. The lowest BCUT2D eigenvalue weighted by Crippen LogP contribution is -2.27. The molecule has 1 heterocycles. The van der Waals surface area contributed by atoms with Crippen LogP contribution in [0, 0.1) is 11.3 Å². The number of carbonyl (C=O) groups is 1. The number of aliphatic imine (C=N–C) groups is 1. The highest BCUT2D eigenvalue weighted by Crippen LogP contribution is 2.45. The molecule has 0 radical (unpaired) electrons. The molecule has 0 saturated carbocycles. The van der Waals surface area contributed by atoms with Crippen molar-refractivity contribution in [1.29, 1.82) is 0 Å². The molecule has 0 fully saturated rings. The van der Waals surface area contributed by atoms with Gasteiger partial charge in [0.15, 0.2) is 0 Å². The molecule has 2 aromatic carbocycles. The number of rotatable bonds is 6. The van der Waals surface area contributed by atoms with Crippen molar-refractivity contribution in [3.8, 4) is 11.5 Å². The van der Waals surface area contributed by atoms with Crippen LogP contribution in [0.25, 0.3) is 0 Å². The van der Waals surface area contributed by atoms with Crippen LogP contribution in [-0.2, 0) is 12.8 Å². The summed E-state index contributed by atoms with van der Waals surface area (Å²) < 4.78 is 10.9. The van der Waals surface area contributed by atoms with Crippen LogP contribution in [0.4, 0.5) is 10.7 Å². The van der Waals surface area contributed by atoms with Crippen molar-refractivity contribution in [3.63, 3.8) is 0 Å². The number of nitrogens with one attached hydrogen (secondary N) is 1. The van der Waals surface area contributed by atoms with Crippen LogP contribution in [0.15, 0.2) is 53.5 Å². The summed E-state index contributed by atoms with van der Waals surface area (Å²) in [6.07, 6.45) is 4.71. The third kappa shape index (κ3) is 5.17. The van der Waals surface area contributed by atoms with E-state index in [-0.39, 0.29) is 11.3 Å². The summed E-state index contributed by atoms with van der Waals surface area (Å²) in [6, 6.07) is 15.2. The Morgan fingerprint density at radius 2 is 1.88 bits per heavy atom. The van der Waals surface area contributed by atoms with Gasteiger partial charge in [-0.3, -0.25) is 4.79 Å². The molecule has 34 heavy (non-hydrogen) atoms. The Kier molecular flexibility index (Phi) is 7.08. The molecule has 1 N–H and O–H groups in total. The quantitative estimate of drug-likeness (QED) is 0.393. The predicted molar refractivity (Wildman–Crippen MR) is 140 cm³/mol. The van der Waals surface area contributed by atoms with Gasteiger partial charge in [0.25, 0.3) is 5.91 Å². The van der Waals surface area contributed by atoms with Gasteiger partial charge in [-0.2, -0.15) is 0 Å². The number of fused-ring (bicyclic) bond motifs is 1. The van der Waals surface area contributed by atoms with Crippen LogP contribution >= 0.6 is 11.3 Å². The zero-order valence-corrected chi connectivity index (χ0v) is 21.3. The molecule has 0 bridgehead atoms. The highest BCUT2D eigenvalue weighted by molar-refractivity contribution is 7.16. The molecule has 1 atom stereocenters. The van der Waals surface area contributed by atoms with Gasteiger partial charge in [0.1, 0.15) is 16.5 Å². The first-order valence-electron chi connectivity index (χ1n) is 11.6. The molecule has 3 aromatic rings. The molecule has 5 nitrogen and oxygen atoms in total. The normalized spacial score (nSPS) is 15.7. The first kappa shape index (κ1) is 24.0. The molecular formula is C28H32N2O3S. The van der Waals surface area contributed by atoms with Gasteiger partial charge in [0, 0.05) is 22.3 Å². The van der Waals surface area contributed by atoms with Crippen molar-refractivity contribution in [1.82, 2.24) is 0 Å². The van der Waals surface area contributed by atoms with E-state index in [0.717, 1.165) is 46.8 Å². The van der Waals surface area contributed by atoms with Gasteiger partial charge < -0.3 is 14.8 Å². The number of amides is 1. The fraction of sp³-hybridized carbons (Fsp3) is 0.357. The molecule has 1 aliphatic rings. The SMILES string of the molecule is COc1ccc(OC)c(C=Nc2sc3c(c2C(=O)Nc2ccccc2)CC[C@@H](C(C)(C)C)C3)c1. The monoisotopic (exact) mass is 476 g/mol. The highest BCUT2D eigenvalue weighted by atomic mass is 32.1. The average molecular weight is 477 g/mol. The number of hydrogen-bond acceptors (Lipinski definition) is 5. The second-order valence-corrected chi connectivity index (χ2v) is 10.8. The summed E-state index contributed by atoms with van der Waals surface area (Å²) >= 11 is 1.63. The number of methoxy groups -OCH3 is 2. The van der Waals surface area contributed by atoms with Crippen molar-refractivity contribution in [2.45, 2.75) is 40.0 Å². The topological polar surface area (TPSA) is 59.9 Å². The van der Waals surface area contributed by atoms with E-state index < -0.39 is 0 Å². The van der Waals surface area contributed by atoms with Crippen LogP contribution in [-0.4, -0.2) is 26.3 Å². The Morgan fingerprint density at radius 3 is 2.56 bits per heavy atom. The maximum Gasteiger partial charge on any atom is 0.259 e. The van der Waals surface area contributed by atoms with E-state index in [2.05, 4.69) is 26.1 Å². The molecule has 4 rings (SSSR count). The molecule has 0 aliphatic heterocycles. The number of carbonyl (C=O) groups excluding carboxylic acids is 1. The van der Waals surface area contributed by atoms with E-state index in [1.54, 1.807) is 31.8 Å². The minimum atomic E-state index is -0.109. The third-order valence-corrected chi connectivity index (χ3v) is 7.65. The average Bonchev–Trinajstić information content (AvgIpc) is 3.20. The van der Waals surface area contributed by atoms with Crippen LogP contribution in [0.1, 0.15) is 53.6 Å². The zero-order valence-electron chi connectivity index (χ0n) is 20.5. The number of hydrogen-bond donors (Lipinski definition) is 1. The number of anilines is 1. The maximum absolute atomic E-state index is 13.5. The molecule has 0 spiro atoms. The first-order valence-corrected chi connectivity index (χ1v) is 12.4. The number of para-hydroxylation sites is 1. The van der Waals surface area contributed by atoms with Gasteiger partial charge in [0.05, 0.1) is 19.8 Å². The molecule has 178 valence electrons. The molecule has 1 aromatic heterocycles. The number of benzene rings is 2. The van der Waals surface area contributed by atoms with Crippen molar-refractivity contribution in [3.05, 3.63) is 70.1 Å². The second-order valence-electron chi connectivity index (χ2n) is 9.68. The maximum atomic E-state index is 13.5. The van der Waals surface area contributed by atoms with Crippen LogP contribution in [0.3, 0.4) is 0 Å². The fourth-order valence-electron chi connectivity index (χ4n) is 4.42. The standard InChI is InChI=1S/C28H32N2O3S/c1-28(2,3)19-11-13-22-24(16-19)34-27(25(22)26(31)30-20-9-7-6-8-10-20)29-17-18-15-21(32-4)12-14-23(18)33-5/h6-10,12,14-15,17,19H,11,13,16H2,1-5H3,(H,30,31)/t19-/m1/s1. The van der Waals surface area contributed by atoms with Crippen molar-refractivity contribution in [2.24, 2.45) is 16.3 Å². The lowest BCUT2D eigenvalue weighted by atomic mass is 9.72. The summed E-state index contributed by atoms with van der Waals surface area (Å²) in [5.74, 6) is 1.90. The number of ether oxygens (including phenoxy) is 2. The molecular weight excluding hydrogens is 444 g/mol. The number of thiophene rings is 1. The fourth-order valence-corrected chi connectivity index (χ4v) is 5.69. The summed E-state index contributed by atoms with van der Waals surface area (Å²) in [5.41, 5.74) is 3.64. The predicted octanol–water partition coefficient (Wildman–Crippen LogP) is 6.92. The molecule has 6 heteroatoms. The van der Waals surface area contributed by atoms with Crippen molar-refractivity contribution >= 4 is 34.1 Å². The number of nitrogens with zero attached hydrogens (tertiary/aromatic N) is 1. The van der Waals surface area contributed by atoms with Gasteiger partial charge in [-0.1, -0.05) is 39.0 Å². The van der Waals surface area contributed by atoms with Crippen molar-refractivity contribution < 1.29 is 14.3 Å². The Hall–Kier alpha value is -3.12. The van der Waals surface area contributed by atoms with E-state index in [0.29, 0.717) is 17.2 Å². The largest absolute Gasteiger partial charge is 0.497 e. The minimum Gasteiger partial charge on any atom is -0.497 e. The van der Waals surface area contributed by atoms with Gasteiger partial charge in [-0.25, -0.2) is 4.99 Å². The van der Waals surface area contributed by atoms with E-state index in [1.807, 2.05) is 48.5 Å². The van der Waals surface area contributed by atoms with E-state index in [1.165, 1.54) is 4.88 Å². The summed E-state index contributed by atoms with van der Waals surface area (Å²) in [6.45, 7) is 6.90. The molecule has 1 aliphatic carbocycles. The Balaban J connectivity index is 1.73. The molecule has 0 saturated heterocycles. The summed E-state index contributed by atoms with van der Waals surface area (Å²) in [5, 5.41) is 3.80. The third-order valence-electron chi connectivity index (χ3n) is 6.49. The van der Waals surface area contributed by atoms with Gasteiger partial charge in [-0.15, -0.1) is 11.3 Å². The lowest BCUT2D eigenvalue weighted by molar-refractivity contribution is 0.102. The van der Waals surface area contributed by atoms with Crippen LogP contribution < -0.4 is 14.8 Å². The lowest BCUT2D eigenvalue weighted by Gasteiger charge is -2.33. The van der Waals surface area contributed by atoms with E-state index >= 15 is 0 Å². The van der Waals surface area contributed by atoms with Gasteiger partial charge in [-0.05, 0) is 66.5 Å². The van der Waals surface area contributed by atoms with E-state index in [9.17, 15) is 4.79 Å². The van der Waals surface area contributed by atoms with Crippen molar-refractivity contribution in [2.75, 3.05) is 19.5 Å². The summed E-state index contributed by atoms with van der Waals surface area (Å²) in [4.78, 5) is 19.5. The Bertz CT molecular complexity index is 1190. The first-order chi connectivity index (χ1) is 16.3. The Labute approximate surface area is 205 Å². The van der Waals surface area contributed by atoms with E-state index in [4.69, 9.17) is 14.5 Å². The second kappa shape index (κ2) is 10.0. The molecule has 0 unspecified atom stereocenters. The summed E-state index contributed by atoms with van der Waals surface area (Å²) in [7, 11) is 3.27. The molecule has 1 amide bonds.